The summed E-state index contributed by atoms with van der Waals surface area (Å²) in [7, 11) is 1.62. The van der Waals surface area contributed by atoms with Crippen LogP contribution in [0.25, 0.3) is 0 Å². The molecule has 0 aliphatic carbocycles. The van der Waals surface area contributed by atoms with Crippen LogP contribution < -0.4 is 9.20 Å². The van der Waals surface area contributed by atoms with E-state index in [1.54, 1.807) is 7.11 Å². The summed E-state index contributed by atoms with van der Waals surface area (Å²) < 4.78 is 6.17. The van der Waals surface area contributed by atoms with Crippen LogP contribution in [-0.4, -0.2) is 27.8 Å². The van der Waals surface area contributed by atoms with Crippen molar-refractivity contribution in [1.82, 2.24) is 0 Å². The zero-order chi connectivity index (χ0) is 14.4. The summed E-state index contributed by atoms with van der Waals surface area (Å²) in [6.45, 7) is 0. The van der Waals surface area contributed by atoms with Crippen LogP contribution in [-0.2, 0) is 0 Å². The molecule has 0 fully saturated rings. The molecular formula is C17H14O2Se. The molecule has 0 N–H and O–H groups in total. The van der Waals surface area contributed by atoms with Crippen molar-refractivity contribution in [2.45, 2.75) is 5.82 Å². The number of carbonyl (C=O) groups is 1. The third-order valence-electron chi connectivity index (χ3n) is 2.76. The maximum absolute atomic E-state index is 12.1. The van der Waals surface area contributed by atoms with Crippen molar-refractivity contribution in [3.05, 3.63) is 59.7 Å². The first-order valence-corrected chi connectivity index (χ1v) is 8.65. The van der Waals surface area contributed by atoms with Crippen LogP contribution in [0.15, 0.2) is 48.5 Å². The summed E-state index contributed by atoms with van der Waals surface area (Å²) in [5, 5.41) is 0. The predicted octanol–water partition coefficient (Wildman–Crippen LogP) is 2.31. The summed E-state index contributed by atoms with van der Waals surface area (Å²) in [6.07, 6.45) is 0. The maximum atomic E-state index is 12.1. The van der Waals surface area contributed by atoms with Crippen molar-refractivity contribution in [3.63, 3.8) is 0 Å². The minimum absolute atomic E-state index is 0.125. The van der Waals surface area contributed by atoms with Gasteiger partial charge in [-0.25, -0.2) is 0 Å². The van der Waals surface area contributed by atoms with Gasteiger partial charge in [0, 0.05) is 0 Å². The number of hydrogen-bond acceptors (Lipinski definition) is 2. The number of benzene rings is 2. The van der Waals surface area contributed by atoms with Crippen molar-refractivity contribution in [1.29, 1.82) is 0 Å². The summed E-state index contributed by atoms with van der Waals surface area (Å²) >= 11 is 0.286. The Labute approximate surface area is 125 Å². The van der Waals surface area contributed by atoms with Gasteiger partial charge in [-0.3, -0.25) is 0 Å². The van der Waals surface area contributed by atoms with E-state index in [9.17, 15) is 4.79 Å². The van der Waals surface area contributed by atoms with Gasteiger partial charge in [-0.2, -0.15) is 0 Å². The Morgan fingerprint density at radius 3 is 2.45 bits per heavy atom. The van der Waals surface area contributed by atoms with Crippen LogP contribution in [0.1, 0.15) is 15.9 Å². The molecule has 0 aliphatic heterocycles. The van der Waals surface area contributed by atoms with Crippen LogP contribution in [0.3, 0.4) is 0 Å². The molecule has 0 atom stereocenters. The molecule has 0 heterocycles. The zero-order valence-corrected chi connectivity index (χ0v) is 13.1. The van der Waals surface area contributed by atoms with E-state index >= 15 is 0 Å². The Hall–Kier alpha value is -2.01. The van der Waals surface area contributed by atoms with Crippen LogP contribution in [0.5, 0.6) is 5.75 Å². The molecule has 0 saturated carbocycles. The van der Waals surface area contributed by atoms with E-state index < -0.39 is 0 Å². The Morgan fingerprint density at radius 2 is 1.80 bits per heavy atom. The molecule has 100 valence electrons. The van der Waals surface area contributed by atoms with E-state index in [4.69, 9.17) is 4.74 Å². The first kappa shape index (κ1) is 14.4. The van der Waals surface area contributed by atoms with Crippen LogP contribution >= 0.6 is 0 Å². The van der Waals surface area contributed by atoms with Crippen molar-refractivity contribution in [2.24, 2.45) is 0 Å². The molecule has 0 aromatic heterocycles. The van der Waals surface area contributed by atoms with Gasteiger partial charge in [0.15, 0.2) is 0 Å². The first-order valence-electron chi connectivity index (χ1n) is 6.08. The van der Waals surface area contributed by atoms with E-state index in [0.29, 0.717) is 0 Å². The molecule has 2 rings (SSSR count). The molecule has 0 spiro atoms. The third-order valence-corrected chi connectivity index (χ3v) is 4.43. The van der Waals surface area contributed by atoms with E-state index in [1.807, 2.05) is 48.5 Å². The Bertz CT molecular complexity index is 663. The van der Waals surface area contributed by atoms with E-state index in [0.717, 1.165) is 21.3 Å². The average molecular weight is 329 g/mol. The quantitative estimate of drug-likeness (QED) is 0.491. The summed E-state index contributed by atoms with van der Waals surface area (Å²) in [4.78, 5) is 12.1. The van der Waals surface area contributed by atoms with Crippen molar-refractivity contribution >= 4 is 25.2 Å². The molecule has 0 aliphatic rings. The molecule has 0 saturated heterocycles. The fourth-order valence-electron chi connectivity index (χ4n) is 1.70. The van der Waals surface area contributed by atoms with Gasteiger partial charge in [0.2, 0.25) is 0 Å². The third kappa shape index (κ3) is 3.51. The van der Waals surface area contributed by atoms with Gasteiger partial charge >= 0.3 is 125 Å². The Balaban J connectivity index is 2.21. The van der Waals surface area contributed by atoms with Crippen molar-refractivity contribution in [2.75, 3.05) is 7.11 Å². The fraction of sp³-hybridized carbons (Fsp3) is 0.118. The molecule has 0 amide bonds. The molecule has 2 nitrogen and oxygen atoms in total. The number of ether oxygens (including phenoxy) is 1. The van der Waals surface area contributed by atoms with Gasteiger partial charge in [0.25, 0.3) is 0 Å². The molecule has 20 heavy (non-hydrogen) atoms. The van der Waals surface area contributed by atoms with E-state index in [-0.39, 0.29) is 20.7 Å². The zero-order valence-electron chi connectivity index (χ0n) is 11.3. The number of Topliss-reactive ketones (excluding diaryl/α,β-unsaturated/α-hetero) is 1. The Kier molecular flexibility index (Phi) is 5.01. The molecule has 0 unspecified atom stereocenters. The topological polar surface area (TPSA) is 26.3 Å². The normalized spacial score (nSPS) is 9.50. The average Bonchev–Trinajstić information content (AvgIpc) is 2.53. The second-order valence-electron chi connectivity index (χ2n) is 4.01. The van der Waals surface area contributed by atoms with Crippen molar-refractivity contribution in [3.8, 4) is 17.6 Å². The summed E-state index contributed by atoms with van der Waals surface area (Å²) in [5.41, 5.74) is 1.52. The SMILES string of the molecule is COc1ccc(C#CC(=O)c2ccccc2[Se]C)cc1. The second-order valence-corrected chi connectivity index (χ2v) is 5.79. The molecule has 0 radical (unpaired) electrons. The number of methoxy groups -OCH3 is 1. The molecule has 0 bridgehead atoms. The van der Waals surface area contributed by atoms with Crippen molar-refractivity contribution < 1.29 is 9.53 Å². The minimum atomic E-state index is -0.125. The van der Waals surface area contributed by atoms with Gasteiger partial charge in [0.1, 0.15) is 0 Å². The monoisotopic (exact) mass is 330 g/mol. The first-order chi connectivity index (χ1) is 9.74. The fourth-order valence-corrected chi connectivity index (χ4v) is 2.95. The number of ketones is 1. The number of hydrogen-bond donors (Lipinski definition) is 0. The number of carbonyl (C=O) groups excluding carboxylic acids is 1. The van der Waals surface area contributed by atoms with Gasteiger partial charge in [-0.15, -0.1) is 0 Å². The predicted molar refractivity (Wildman–Crippen MR) is 81.9 cm³/mol. The van der Waals surface area contributed by atoms with Crippen LogP contribution in [0.4, 0.5) is 0 Å². The van der Waals surface area contributed by atoms with Gasteiger partial charge < -0.3 is 0 Å². The molecule has 2 aromatic rings. The molecule has 2 aromatic carbocycles. The second kappa shape index (κ2) is 6.96. The summed E-state index contributed by atoms with van der Waals surface area (Å²) in [5.74, 6) is 8.35. The van der Waals surface area contributed by atoms with Gasteiger partial charge in [-0.1, -0.05) is 0 Å². The van der Waals surface area contributed by atoms with Gasteiger partial charge in [0.05, 0.1) is 0 Å². The summed E-state index contributed by atoms with van der Waals surface area (Å²) in [6, 6.07) is 15.0. The van der Waals surface area contributed by atoms with Crippen LogP contribution in [0, 0.1) is 11.8 Å². The number of rotatable bonds is 3. The van der Waals surface area contributed by atoms with E-state index in [1.165, 1.54) is 0 Å². The Morgan fingerprint density at radius 1 is 1.10 bits per heavy atom. The molecular weight excluding hydrogens is 315 g/mol. The van der Waals surface area contributed by atoms with Crippen LogP contribution in [0.2, 0.25) is 5.82 Å². The van der Waals surface area contributed by atoms with E-state index in [2.05, 4.69) is 17.7 Å². The van der Waals surface area contributed by atoms with Gasteiger partial charge in [-0.05, 0) is 0 Å². The molecule has 3 heteroatoms. The standard InChI is InChI=1S/C17H14O2Se/c1-19-14-10-7-13(8-11-14)9-12-16(18)15-5-3-4-6-17(15)20-2/h3-8,10-11H,1-2H3.